The van der Waals surface area contributed by atoms with E-state index in [2.05, 4.69) is 40.9 Å². The summed E-state index contributed by atoms with van der Waals surface area (Å²) in [5.41, 5.74) is 0.931. The van der Waals surface area contributed by atoms with Crippen LogP contribution in [0.3, 0.4) is 0 Å². The SMILES string of the molecule is CCCC(C)N(C)c1c(C)c(Cl)nc2ncnn12. The van der Waals surface area contributed by atoms with Crippen LogP contribution >= 0.6 is 11.6 Å². The van der Waals surface area contributed by atoms with Crippen LogP contribution in [-0.4, -0.2) is 32.7 Å². The van der Waals surface area contributed by atoms with Gasteiger partial charge in [0.2, 0.25) is 0 Å². The predicted octanol–water partition coefficient (Wildman–Crippen LogP) is 2.71. The van der Waals surface area contributed by atoms with Gasteiger partial charge in [0.05, 0.1) is 0 Å². The summed E-state index contributed by atoms with van der Waals surface area (Å²) in [4.78, 5) is 10.5. The fourth-order valence-electron chi connectivity index (χ4n) is 2.12. The molecule has 0 amide bonds. The lowest BCUT2D eigenvalue weighted by Gasteiger charge is -2.28. The largest absolute Gasteiger partial charge is 0.356 e. The highest BCUT2D eigenvalue weighted by molar-refractivity contribution is 6.30. The third-order valence-electron chi connectivity index (χ3n) is 3.28. The molecule has 2 heterocycles. The monoisotopic (exact) mass is 267 g/mol. The van der Waals surface area contributed by atoms with Crippen molar-refractivity contribution in [1.82, 2.24) is 19.6 Å². The van der Waals surface area contributed by atoms with Crippen molar-refractivity contribution in [2.45, 2.75) is 39.7 Å². The molecule has 1 atom stereocenters. The van der Waals surface area contributed by atoms with Gasteiger partial charge in [0.25, 0.3) is 5.78 Å². The van der Waals surface area contributed by atoms with Gasteiger partial charge in [-0.05, 0) is 20.3 Å². The second kappa shape index (κ2) is 5.10. The Labute approximate surface area is 112 Å². The first-order valence-electron chi connectivity index (χ1n) is 6.15. The van der Waals surface area contributed by atoms with Crippen molar-refractivity contribution in [3.05, 3.63) is 17.0 Å². The Morgan fingerprint density at radius 2 is 2.22 bits per heavy atom. The predicted molar refractivity (Wildman–Crippen MR) is 73.3 cm³/mol. The van der Waals surface area contributed by atoms with E-state index in [9.17, 15) is 0 Å². The third-order valence-corrected chi connectivity index (χ3v) is 3.64. The minimum atomic E-state index is 0.416. The number of hydrogen-bond donors (Lipinski definition) is 0. The van der Waals surface area contributed by atoms with Gasteiger partial charge < -0.3 is 4.90 Å². The molecule has 0 fully saturated rings. The molecule has 0 saturated carbocycles. The van der Waals surface area contributed by atoms with Crippen LogP contribution in [-0.2, 0) is 0 Å². The van der Waals surface area contributed by atoms with Crippen molar-refractivity contribution in [3.8, 4) is 0 Å². The van der Waals surface area contributed by atoms with E-state index in [1.165, 1.54) is 6.33 Å². The molecule has 1 unspecified atom stereocenters. The fraction of sp³-hybridized carbons (Fsp3) is 0.583. The third kappa shape index (κ3) is 2.14. The molecule has 0 radical (unpaired) electrons. The fourth-order valence-corrected chi connectivity index (χ4v) is 2.28. The standard InChI is InChI=1S/C12H18ClN5/c1-5-6-8(2)17(4)11-9(3)10(13)16-12-14-7-15-18(11)12/h7-8H,5-6H2,1-4H3. The molecule has 0 saturated heterocycles. The molecule has 0 N–H and O–H groups in total. The maximum atomic E-state index is 6.16. The molecule has 0 aromatic carbocycles. The number of nitrogens with zero attached hydrogens (tertiary/aromatic N) is 5. The first-order valence-corrected chi connectivity index (χ1v) is 6.52. The number of rotatable bonds is 4. The molecular weight excluding hydrogens is 250 g/mol. The quantitative estimate of drug-likeness (QED) is 0.799. The zero-order valence-corrected chi connectivity index (χ0v) is 11.9. The topological polar surface area (TPSA) is 46.3 Å². The lowest BCUT2D eigenvalue weighted by molar-refractivity contribution is 0.603. The van der Waals surface area contributed by atoms with Crippen molar-refractivity contribution in [2.24, 2.45) is 0 Å². The Morgan fingerprint density at radius 1 is 1.50 bits per heavy atom. The molecule has 0 aliphatic heterocycles. The first kappa shape index (κ1) is 13.1. The van der Waals surface area contributed by atoms with Crippen LogP contribution in [0.2, 0.25) is 5.15 Å². The highest BCUT2D eigenvalue weighted by Crippen LogP contribution is 2.26. The number of aromatic nitrogens is 4. The Bertz CT molecular complexity index is 551. The normalized spacial score (nSPS) is 12.9. The molecule has 98 valence electrons. The van der Waals surface area contributed by atoms with Gasteiger partial charge in [-0.3, -0.25) is 0 Å². The molecule has 18 heavy (non-hydrogen) atoms. The van der Waals surface area contributed by atoms with Crippen LogP contribution in [0.15, 0.2) is 6.33 Å². The van der Waals surface area contributed by atoms with Gasteiger partial charge in [-0.25, -0.2) is 0 Å². The van der Waals surface area contributed by atoms with Crippen molar-refractivity contribution in [3.63, 3.8) is 0 Å². The summed E-state index contributed by atoms with van der Waals surface area (Å²) in [5.74, 6) is 1.50. The van der Waals surface area contributed by atoms with Gasteiger partial charge in [0.15, 0.2) is 0 Å². The van der Waals surface area contributed by atoms with Crippen LogP contribution in [0, 0.1) is 6.92 Å². The Balaban J connectivity index is 2.54. The maximum absolute atomic E-state index is 6.16. The second-order valence-electron chi connectivity index (χ2n) is 4.57. The summed E-state index contributed by atoms with van der Waals surface area (Å²) in [5, 5.41) is 4.71. The Kier molecular flexibility index (Phi) is 3.71. The first-order chi connectivity index (χ1) is 8.56. The summed E-state index contributed by atoms with van der Waals surface area (Å²) >= 11 is 6.16. The summed E-state index contributed by atoms with van der Waals surface area (Å²) < 4.78 is 1.74. The number of halogens is 1. The van der Waals surface area contributed by atoms with Gasteiger partial charge in [0, 0.05) is 18.7 Å². The highest BCUT2D eigenvalue weighted by atomic mass is 35.5. The zero-order chi connectivity index (χ0) is 13.3. The molecule has 5 nitrogen and oxygen atoms in total. The molecule has 2 aromatic heterocycles. The second-order valence-corrected chi connectivity index (χ2v) is 4.93. The number of fused-ring (bicyclic) bond motifs is 1. The zero-order valence-electron chi connectivity index (χ0n) is 11.2. The van der Waals surface area contributed by atoms with Gasteiger partial charge in [-0.1, -0.05) is 24.9 Å². The van der Waals surface area contributed by atoms with E-state index in [0.29, 0.717) is 17.0 Å². The molecule has 2 aromatic rings. The van der Waals surface area contributed by atoms with Crippen LogP contribution < -0.4 is 4.90 Å². The lowest BCUT2D eigenvalue weighted by Crippen LogP contribution is -2.31. The lowest BCUT2D eigenvalue weighted by atomic mass is 10.1. The summed E-state index contributed by atoms with van der Waals surface area (Å²) in [6.45, 7) is 6.34. The van der Waals surface area contributed by atoms with E-state index in [4.69, 9.17) is 11.6 Å². The molecule has 6 heteroatoms. The van der Waals surface area contributed by atoms with Crippen molar-refractivity contribution in [2.75, 3.05) is 11.9 Å². The smallest absolute Gasteiger partial charge is 0.255 e. The van der Waals surface area contributed by atoms with Crippen molar-refractivity contribution in [1.29, 1.82) is 0 Å². The van der Waals surface area contributed by atoms with E-state index in [1.54, 1.807) is 4.52 Å². The maximum Gasteiger partial charge on any atom is 0.255 e. The van der Waals surface area contributed by atoms with E-state index >= 15 is 0 Å². The summed E-state index contributed by atoms with van der Waals surface area (Å²) in [6.07, 6.45) is 3.76. The van der Waals surface area contributed by atoms with Crippen LogP contribution in [0.1, 0.15) is 32.3 Å². The van der Waals surface area contributed by atoms with E-state index in [0.717, 1.165) is 24.2 Å². The summed E-state index contributed by atoms with van der Waals surface area (Å²) in [7, 11) is 2.06. The minimum absolute atomic E-state index is 0.416. The molecule has 0 spiro atoms. The average Bonchev–Trinajstić information content (AvgIpc) is 2.77. The van der Waals surface area contributed by atoms with Gasteiger partial charge in [-0.15, -0.1) is 0 Å². The minimum Gasteiger partial charge on any atom is -0.356 e. The van der Waals surface area contributed by atoms with Gasteiger partial charge >= 0.3 is 0 Å². The molecular formula is C12H18ClN5. The highest BCUT2D eigenvalue weighted by Gasteiger charge is 2.19. The Hall–Kier alpha value is -1.36. The van der Waals surface area contributed by atoms with Crippen LogP contribution in [0.25, 0.3) is 5.78 Å². The Morgan fingerprint density at radius 3 is 2.89 bits per heavy atom. The molecule has 0 aliphatic carbocycles. The van der Waals surface area contributed by atoms with Crippen LogP contribution in [0.4, 0.5) is 5.82 Å². The van der Waals surface area contributed by atoms with E-state index < -0.39 is 0 Å². The average molecular weight is 268 g/mol. The van der Waals surface area contributed by atoms with E-state index in [-0.39, 0.29) is 0 Å². The van der Waals surface area contributed by atoms with Gasteiger partial charge in [-0.2, -0.15) is 19.6 Å². The van der Waals surface area contributed by atoms with Gasteiger partial charge in [0.1, 0.15) is 17.3 Å². The van der Waals surface area contributed by atoms with Crippen LogP contribution in [0.5, 0.6) is 0 Å². The summed E-state index contributed by atoms with van der Waals surface area (Å²) in [6, 6.07) is 0.416. The van der Waals surface area contributed by atoms with Crippen molar-refractivity contribution >= 4 is 23.2 Å². The van der Waals surface area contributed by atoms with Crippen molar-refractivity contribution < 1.29 is 0 Å². The van der Waals surface area contributed by atoms with E-state index in [1.807, 2.05) is 6.92 Å². The molecule has 0 aliphatic rings. The number of hydrogen-bond acceptors (Lipinski definition) is 4. The molecule has 0 bridgehead atoms. The number of anilines is 1. The molecule has 2 rings (SSSR count).